The zero-order chi connectivity index (χ0) is 24.2. The van der Waals surface area contributed by atoms with Gasteiger partial charge in [-0.05, 0) is 48.7 Å². The van der Waals surface area contributed by atoms with Gasteiger partial charge in [0.2, 0.25) is 0 Å². The monoisotopic (exact) mass is 460 g/mol. The molecule has 174 valence electrons. The minimum Gasteiger partial charge on any atom is -0.478 e. The van der Waals surface area contributed by atoms with E-state index in [1.165, 1.54) is 28.9 Å². The summed E-state index contributed by atoms with van der Waals surface area (Å²) < 4.78 is 39.8. The second-order valence-corrected chi connectivity index (χ2v) is 7.61. The molecular formula is C23H23F3N4O3. The van der Waals surface area contributed by atoms with E-state index in [2.05, 4.69) is 15.6 Å². The van der Waals surface area contributed by atoms with E-state index in [0.717, 1.165) is 18.6 Å². The van der Waals surface area contributed by atoms with E-state index in [4.69, 9.17) is 5.11 Å². The molecule has 0 fully saturated rings. The van der Waals surface area contributed by atoms with Gasteiger partial charge in [0.25, 0.3) is 5.91 Å². The van der Waals surface area contributed by atoms with Gasteiger partial charge < -0.3 is 10.4 Å². The highest BCUT2D eigenvalue weighted by atomic mass is 19.4. The van der Waals surface area contributed by atoms with E-state index in [-0.39, 0.29) is 17.8 Å². The number of carbonyl (C=O) groups is 2. The third-order valence-electron chi connectivity index (χ3n) is 5.13. The largest absolute Gasteiger partial charge is 0.478 e. The maximum absolute atomic E-state index is 13.1. The molecule has 3 rings (SSSR count). The number of alkyl halides is 3. The lowest BCUT2D eigenvalue weighted by atomic mass is 10.1. The Hall–Kier alpha value is -3.69. The molecule has 33 heavy (non-hydrogen) atoms. The molecule has 1 aromatic heterocycles. The predicted octanol–water partition coefficient (Wildman–Crippen LogP) is 4.49. The number of carbonyl (C=O) groups excluding carboxylic acids is 1. The summed E-state index contributed by atoms with van der Waals surface area (Å²) in [5.41, 5.74) is 1.38. The number of halogens is 3. The summed E-state index contributed by atoms with van der Waals surface area (Å²) in [5, 5.41) is 20.0. The molecule has 0 aliphatic carbocycles. The molecule has 1 heterocycles. The number of rotatable bonds is 8. The minimum absolute atomic E-state index is 0.0826. The number of aryl methyl sites for hydroxylation is 1. The molecule has 1 amide bonds. The van der Waals surface area contributed by atoms with E-state index in [9.17, 15) is 22.8 Å². The highest BCUT2D eigenvalue weighted by Crippen LogP contribution is 2.29. The van der Waals surface area contributed by atoms with Gasteiger partial charge in [0, 0.05) is 0 Å². The van der Waals surface area contributed by atoms with Crippen molar-refractivity contribution in [2.24, 2.45) is 0 Å². The van der Waals surface area contributed by atoms with Crippen molar-refractivity contribution in [3.8, 4) is 0 Å². The first-order chi connectivity index (χ1) is 15.6. The lowest BCUT2D eigenvalue weighted by molar-refractivity contribution is -0.137. The summed E-state index contributed by atoms with van der Waals surface area (Å²) in [5.74, 6) is -1.47. The highest BCUT2D eigenvalue weighted by Gasteiger charge is 2.30. The average Bonchev–Trinajstić information content (AvgIpc) is 3.16. The van der Waals surface area contributed by atoms with Gasteiger partial charge in [0.05, 0.1) is 29.4 Å². The fourth-order valence-electron chi connectivity index (χ4n) is 3.35. The first-order valence-corrected chi connectivity index (χ1v) is 10.3. The molecule has 1 atom stereocenters. The molecule has 7 nitrogen and oxygen atoms in total. The Morgan fingerprint density at radius 1 is 1.09 bits per heavy atom. The van der Waals surface area contributed by atoms with Crippen LogP contribution in [0.1, 0.15) is 69.5 Å². The number of hydrogen-bond donors (Lipinski definition) is 2. The van der Waals surface area contributed by atoms with Crippen LogP contribution in [-0.4, -0.2) is 32.0 Å². The van der Waals surface area contributed by atoms with E-state index in [1.807, 2.05) is 6.92 Å². The number of carboxylic acid groups (broad SMARTS) is 1. The first-order valence-electron chi connectivity index (χ1n) is 10.3. The summed E-state index contributed by atoms with van der Waals surface area (Å²) >= 11 is 0. The molecule has 3 aromatic rings. The number of aromatic nitrogens is 3. The van der Waals surface area contributed by atoms with Crippen molar-refractivity contribution < 1.29 is 27.9 Å². The Balaban J connectivity index is 1.81. The van der Waals surface area contributed by atoms with Crippen molar-refractivity contribution >= 4 is 11.9 Å². The molecule has 0 unspecified atom stereocenters. The summed E-state index contributed by atoms with van der Waals surface area (Å²) in [4.78, 5) is 24.1. The van der Waals surface area contributed by atoms with Gasteiger partial charge >= 0.3 is 12.1 Å². The van der Waals surface area contributed by atoms with Crippen molar-refractivity contribution in [1.29, 1.82) is 0 Å². The Bertz CT molecular complexity index is 1120. The van der Waals surface area contributed by atoms with Gasteiger partial charge in [0.1, 0.15) is 5.69 Å². The van der Waals surface area contributed by atoms with Crippen molar-refractivity contribution in [3.63, 3.8) is 0 Å². The molecule has 2 aromatic carbocycles. The summed E-state index contributed by atoms with van der Waals surface area (Å²) in [6, 6.07) is 10.4. The standard InChI is InChI=1S/C23H23F3N4O3/c1-3-4-19-20(21(31)27-14(2)16-7-9-17(10-8-16)22(32)33)30(29-28-19)13-15-5-11-18(12-6-15)23(24,25)26/h5-12,14H,3-4,13H2,1-2H3,(H,27,31)(H,32,33)/t14-/m0/s1. The molecule has 10 heteroatoms. The molecule has 0 spiro atoms. The van der Waals surface area contributed by atoms with E-state index >= 15 is 0 Å². The fraction of sp³-hybridized carbons (Fsp3) is 0.304. The number of benzene rings is 2. The van der Waals surface area contributed by atoms with Crippen LogP contribution in [0.2, 0.25) is 0 Å². The van der Waals surface area contributed by atoms with Crippen LogP contribution >= 0.6 is 0 Å². The maximum atomic E-state index is 13.1. The number of hydrogen-bond acceptors (Lipinski definition) is 4. The third-order valence-corrected chi connectivity index (χ3v) is 5.13. The molecule has 0 bridgehead atoms. The van der Waals surface area contributed by atoms with Gasteiger partial charge in [-0.2, -0.15) is 13.2 Å². The quantitative estimate of drug-likeness (QED) is 0.516. The Morgan fingerprint density at radius 2 is 1.73 bits per heavy atom. The number of carboxylic acids is 1. The molecule has 0 saturated carbocycles. The van der Waals surface area contributed by atoms with Gasteiger partial charge in [-0.3, -0.25) is 4.79 Å². The van der Waals surface area contributed by atoms with Crippen LogP contribution in [0.15, 0.2) is 48.5 Å². The number of amides is 1. The maximum Gasteiger partial charge on any atom is 0.416 e. The molecule has 0 saturated heterocycles. The zero-order valence-corrected chi connectivity index (χ0v) is 18.1. The van der Waals surface area contributed by atoms with Crippen LogP contribution in [-0.2, 0) is 19.1 Å². The fourth-order valence-corrected chi connectivity index (χ4v) is 3.35. The van der Waals surface area contributed by atoms with Crippen molar-refractivity contribution in [3.05, 3.63) is 82.2 Å². The average molecular weight is 460 g/mol. The van der Waals surface area contributed by atoms with Crippen LogP contribution in [0, 0.1) is 0 Å². The minimum atomic E-state index is -4.43. The number of aromatic carboxylic acids is 1. The van der Waals surface area contributed by atoms with E-state index in [1.54, 1.807) is 19.1 Å². The topological polar surface area (TPSA) is 97.1 Å². The van der Waals surface area contributed by atoms with Gasteiger partial charge in [0.15, 0.2) is 0 Å². The second-order valence-electron chi connectivity index (χ2n) is 7.61. The molecule has 0 aliphatic rings. The van der Waals surface area contributed by atoms with Crippen LogP contribution in [0.3, 0.4) is 0 Å². The Morgan fingerprint density at radius 3 is 2.27 bits per heavy atom. The van der Waals surface area contributed by atoms with Crippen LogP contribution < -0.4 is 5.32 Å². The summed E-state index contributed by atoms with van der Waals surface area (Å²) in [6.07, 6.45) is -3.19. The lowest BCUT2D eigenvalue weighted by Gasteiger charge is -2.16. The van der Waals surface area contributed by atoms with E-state index in [0.29, 0.717) is 23.2 Å². The van der Waals surface area contributed by atoms with E-state index < -0.39 is 29.7 Å². The molecular weight excluding hydrogens is 437 g/mol. The smallest absolute Gasteiger partial charge is 0.416 e. The Kier molecular flexibility index (Phi) is 7.15. The number of nitrogens with one attached hydrogen (secondary N) is 1. The van der Waals surface area contributed by atoms with Gasteiger partial charge in [-0.1, -0.05) is 42.8 Å². The van der Waals surface area contributed by atoms with Gasteiger partial charge in [-0.25, -0.2) is 9.48 Å². The second kappa shape index (κ2) is 9.85. The zero-order valence-electron chi connectivity index (χ0n) is 18.1. The number of nitrogens with zero attached hydrogens (tertiary/aromatic N) is 3. The molecule has 2 N–H and O–H groups in total. The van der Waals surface area contributed by atoms with Crippen LogP contribution in [0.5, 0.6) is 0 Å². The van der Waals surface area contributed by atoms with Crippen molar-refractivity contribution in [2.75, 3.05) is 0 Å². The Labute approximate surface area is 188 Å². The lowest BCUT2D eigenvalue weighted by Crippen LogP contribution is -2.30. The normalized spacial score (nSPS) is 12.4. The highest BCUT2D eigenvalue weighted by molar-refractivity contribution is 5.94. The molecule has 0 aliphatic heterocycles. The van der Waals surface area contributed by atoms with Crippen molar-refractivity contribution in [2.45, 2.75) is 45.5 Å². The third kappa shape index (κ3) is 5.76. The van der Waals surface area contributed by atoms with Gasteiger partial charge in [-0.15, -0.1) is 5.10 Å². The predicted molar refractivity (Wildman–Crippen MR) is 114 cm³/mol. The van der Waals surface area contributed by atoms with Crippen LogP contribution in [0.25, 0.3) is 0 Å². The summed E-state index contributed by atoms with van der Waals surface area (Å²) in [7, 11) is 0. The van der Waals surface area contributed by atoms with Crippen molar-refractivity contribution in [1.82, 2.24) is 20.3 Å². The SMILES string of the molecule is CCCc1nnn(Cc2ccc(C(F)(F)F)cc2)c1C(=O)N[C@@H](C)c1ccc(C(=O)O)cc1. The molecule has 0 radical (unpaired) electrons. The summed E-state index contributed by atoms with van der Waals surface area (Å²) in [6.45, 7) is 3.78. The van der Waals surface area contributed by atoms with Crippen LogP contribution in [0.4, 0.5) is 13.2 Å². The first kappa shape index (κ1) is 24.0.